The molecule has 4 atom stereocenters. The van der Waals surface area contributed by atoms with Gasteiger partial charge in [-0.25, -0.2) is 0 Å². The van der Waals surface area contributed by atoms with Crippen LogP contribution in [0, 0.1) is 31.6 Å². The lowest BCUT2D eigenvalue weighted by molar-refractivity contribution is -0.122. The van der Waals surface area contributed by atoms with Crippen molar-refractivity contribution in [3.05, 3.63) is 100 Å². The van der Waals surface area contributed by atoms with E-state index >= 15 is 0 Å². The number of rotatable bonds is 8. The zero-order chi connectivity index (χ0) is 31.1. The Labute approximate surface area is 258 Å². The summed E-state index contributed by atoms with van der Waals surface area (Å²) in [5.74, 6) is -1.25. The van der Waals surface area contributed by atoms with Gasteiger partial charge in [0, 0.05) is 5.92 Å². The molecule has 0 unspecified atom stereocenters. The lowest BCUT2D eigenvalue weighted by Crippen LogP contribution is -2.35. The summed E-state index contributed by atoms with van der Waals surface area (Å²) in [5.41, 5.74) is 7.98. The molecule has 1 aliphatic carbocycles. The van der Waals surface area contributed by atoms with E-state index in [9.17, 15) is 24.7 Å². The summed E-state index contributed by atoms with van der Waals surface area (Å²) in [5, 5.41) is 29.6. The summed E-state index contributed by atoms with van der Waals surface area (Å²) < 4.78 is 6.44. The van der Waals surface area contributed by atoms with E-state index in [1.807, 2.05) is 44.2 Å². The zero-order valence-electron chi connectivity index (χ0n) is 25.4. The fourth-order valence-corrected chi connectivity index (χ4v) is 7.40. The van der Waals surface area contributed by atoms with Crippen LogP contribution >= 0.6 is 0 Å². The largest absolute Gasteiger partial charge is 0.507 e. The summed E-state index contributed by atoms with van der Waals surface area (Å²) in [6.45, 7) is 6.32. The molecule has 2 saturated heterocycles. The number of phenolic OH excluding ortho intramolecular Hbond substituents is 1. The van der Waals surface area contributed by atoms with Gasteiger partial charge in [0.15, 0.2) is 0 Å². The standard InChI is InChI=1S/C36H38BNO6/c1-4-24-18-29-33(36(41)38(35(29)40)28-12-8-11-27(19-28)37(42)43)30-20-44-31(32(24)30)14-13-26(25-9-6-5-7-10-25)17-23-15-21(2)34(39)22(3)16-23/h5-12,15-17,19,29-31,33,39,42-43H,4,13-14,18,20H2,1-3H3/b26-17-/t29-,30+,31-,33-/m1/s1. The lowest BCUT2D eigenvalue weighted by atomic mass is 9.69. The van der Waals surface area contributed by atoms with Gasteiger partial charge >= 0.3 is 7.12 Å². The number of fused-ring (bicyclic) bond motifs is 3. The van der Waals surface area contributed by atoms with Crippen LogP contribution in [0.4, 0.5) is 5.69 Å². The van der Waals surface area contributed by atoms with Crippen molar-refractivity contribution >= 4 is 41.7 Å². The number of carbonyl (C=O) groups is 2. The van der Waals surface area contributed by atoms with E-state index in [1.165, 1.54) is 27.7 Å². The molecule has 44 heavy (non-hydrogen) atoms. The Morgan fingerprint density at radius 1 is 0.977 bits per heavy atom. The topological polar surface area (TPSA) is 107 Å². The van der Waals surface area contributed by atoms with Gasteiger partial charge in [-0.1, -0.05) is 61.0 Å². The Balaban J connectivity index is 1.27. The molecule has 6 rings (SSSR count). The minimum atomic E-state index is -1.69. The molecule has 0 saturated carbocycles. The molecule has 226 valence electrons. The van der Waals surface area contributed by atoms with E-state index in [-0.39, 0.29) is 29.3 Å². The normalized spacial score (nSPS) is 23.3. The van der Waals surface area contributed by atoms with Crippen molar-refractivity contribution in [1.29, 1.82) is 0 Å². The monoisotopic (exact) mass is 591 g/mol. The Morgan fingerprint density at radius 3 is 2.39 bits per heavy atom. The number of imide groups is 1. The maximum absolute atomic E-state index is 13.9. The average Bonchev–Trinajstić information content (AvgIpc) is 3.55. The van der Waals surface area contributed by atoms with Crippen LogP contribution in [-0.2, 0) is 14.3 Å². The first kappa shape index (κ1) is 30.1. The Kier molecular flexibility index (Phi) is 8.33. The predicted molar refractivity (Wildman–Crippen MR) is 172 cm³/mol. The number of hydrogen-bond acceptors (Lipinski definition) is 6. The highest BCUT2D eigenvalue weighted by atomic mass is 16.5. The van der Waals surface area contributed by atoms with Crippen molar-refractivity contribution in [2.45, 2.75) is 52.6 Å². The molecule has 2 fully saturated rings. The Morgan fingerprint density at radius 2 is 1.70 bits per heavy atom. The molecular formula is C36H38BNO6. The van der Waals surface area contributed by atoms with Crippen molar-refractivity contribution in [2.75, 3.05) is 11.5 Å². The molecule has 3 aliphatic rings. The molecule has 3 N–H and O–H groups in total. The molecule has 7 nitrogen and oxygen atoms in total. The number of nitrogens with zero attached hydrogens (tertiary/aromatic N) is 1. The molecule has 0 aromatic heterocycles. The highest BCUT2D eigenvalue weighted by Crippen LogP contribution is 2.51. The first-order valence-electron chi connectivity index (χ1n) is 15.4. The van der Waals surface area contributed by atoms with Crippen LogP contribution in [0.3, 0.4) is 0 Å². The van der Waals surface area contributed by atoms with Gasteiger partial charge in [-0.3, -0.25) is 14.5 Å². The van der Waals surface area contributed by atoms with Gasteiger partial charge in [0.25, 0.3) is 0 Å². The Hall–Kier alpha value is -3.98. The molecular weight excluding hydrogens is 553 g/mol. The van der Waals surface area contributed by atoms with Crippen LogP contribution in [-0.4, -0.2) is 46.8 Å². The van der Waals surface area contributed by atoms with Crippen molar-refractivity contribution in [3.63, 3.8) is 0 Å². The molecule has 0 bridgehead atoms. The number of aryl methyl sites for hydroxylation is 2. The van der Waals surface area contributed by atoms with Crippen LogP contribution in [0.1, 0.15) is 54.9 Å². The van der Waals surface area contributed by atoms with Gasteiger partial charge < -0.3 is 19.9 Å². The van der Waals surface area contributed by atoms with Crippen LogP contribution < -0.4 is 10.4 Å². The second kappa shape index (κ2) is 12.2. The van der Waals surface area contributed by atoms with Crippen LogP contribution in [0.25, 0.3) is 11.6 Å². The van der Waals surface area contributed by atoms with E-state index in [0.717, 1.165) is 41.5 Å². The summed E-state index contributed by atoms with van der Waals surface area (Å²) in [6.07, 6.45) is 4.85. The van der Waals surface area contributed by atoms with Gasteiger partial charge in [-0.2, -0.15) is 0 Å². The second-order valence-corrected chi connectivity index (χ2v) is 12.2. The lowest BCUT2D eigenvalue weighted by Gasteiger charge is -2.31. The molecule has 2 amide bonds. The number of hydrogen-bond donors (Lipinski definition) is 3. The van der Waals surface area contributed by atoms with Crippen LogP contribution in [0.5, 0.6) is 5.75 Å². The number of phenols is 1. The number of allylic oxidation sites excluding steroid dienone is 2. The first-order chi connectivity index (χ1) is 21.2. The smallest absolute Gasteiger partial charge is 0.488 e. The van der Waals surface area contributed by atoms with Crippen LogP contribution in [0.2, 0.25) is 0 Å². The summed E-state index contributed by atoms with van der Waals surface area (Å²) in [7, 11) is -1.69. The number of carbonyl (C=O) groups excluding carboxylic acids is 2. The van der Waals surface area contributed by atoms with Crippen molar-refractivity contribution < 1.29 is 29.5 Å². The average molecular weight is 592 g/mol. The van der Waals surface area contributed by atoms with Gasteiger partial charge in [0.1, 0.15) is 5.75 Å². The summed E-state index contributed by atoms with van der Waals surface area (Å²) >= 11 is 0. The van der Waals surface area contributed by atoms with E-state index in [1.54, 1.807) is 18.2 Å². The van der Waals surface area contributed by atoms with Gasteiger partial charge in [0.05, 0.1) is 30.2 Å². The maximum Gasteiger partial charge on any atom is 0.488 e. The minimum absolute atomic E-state index is 0.142. The fourth-order valence-electron chi connectivity index (χ4n) is 7.40. The number of ether oxygens (including phenoxy) is 1. The highest BCUT2D eigenvalue weighted by molar-refractivity contribution is 6.58. The highest BCUT2D eigenvalue weighted by Gasteiger charge is 2.57. The maximum atomic E-state index is 13.9. The predicted octanol–water partition coefficient (Wildman–Crippen LogP) is 4.94. The number of anilines is 1. The fraction of sp³-hybridized carbons (Fsp3) is 0.333. The van der Waals surface area contributed by atoms with Gasteiger partial charge in [-0.15, -0.1) is 0 Å². The van der Waals surface area contributed by atoms with Crippen molar-refractivity contribution in [2.24, 2.45) is 17.8 Å². The first-order valence-corrected chi connectivity index (χ1v) is 15.4. The number of amides is 2. The molecule has 2 heterocycles. The van der Waals surface area contributed by atoms with E-state index in [4.69, 9.17) is 4.74 Å². The molecule has 3 aromatic rings. The van der Waals surface area contributed by atoms with Gasteiger partial charge in [0.2, 0.25) is 11.8 Å². The number of aromatic hydroxyl groups is 1. The third kappa shape index (κ3) is 5.42. The van der Waals surface area contributed by atoms with Crippen LogP contribution in [0.15, 0.2) is 77.9 Å². The molecule has 8 heteroatoms. The molecule has 3 aromatic carbocycles. The summed E-state index contributed by atoms with van der Waals surface area (Å²) in [4.78, 5) is 28.8. The summed E-state index contributed by atoms with van der Waals surface area (Å²) in [6, 6.07) is 20.6. The second-order valence-electron chi connectivity index (χ2n) is 12.2. The van der Waals surface area contributed by atoms with Gasteiger partial charge in [-0.05, 0) is 103 Å². The third-order valence-corrected chi connectivity index (χ3v) is 9.54. The molecule has 0 spiro atoms. The van der Waals surface area contributed by atoms with E-state index in [0.29, 0.717) is 24.5 Å². The van der Waals surface area contributed by atoms with Crippen molar-refractivity contribution in [3.8, 4) is 5.75 Å². The van der Waals surface area contributed by atoms with E-state index < -0.39 is 19.0 Å². The SMILES string of the molecule is CCC1=C2[C@@H](CC/C(=C/c3cc(C)c(O)c(C)c3)c3ccccc3)OC[C@@H]2[C@@H]2C(=O)N(c3cccc(B(O)O)c3)C(=O)[C@@H]2C1. The quantitative estimate of drug-likeness (QED) is 0.148. The third-order valence-electron chi connectivity index (χ3n) is 9.54. The molecule has 0 radical (unpaired) electrons. The number of benzene rings is 3. The van der Waals surface area contributed by atoms with Crippen molar-refractivity contribution in [1.82, 2.24) is 0 Å². The molecule has 2 aliphatic heterocycles. The zero-order valence-corrected chi connectivity index (χ0v) is 25.4. The van der Waals surface area contributed by atoms with E-state index in [2.05, 4.69) is 25.1 Å². The Bertz CT molecular complexity index is 1640. The minimum Gasteiger partial charge on any atom is -0.507 e.